The molecule has 9 saturated heterocycles. The minimum Gasteiger partial charge on any atom is -0.449 e. The molecule has 120 heavy (non-hydrogen) atoms. The van der Waals surface area contributed by atoms with E-state index in [1.54, 1.807) is 50.9 Å². The molecule has 15 atom stereocenters. The van der Waals surface area contributed by atoms with Gasteiger partial charge in [-0.15, -0.1) is 0 Å². The minimum atomic E-state index is -0.601. The molecule has 23 rings (SSSR count). The van der Waals surface area contributed by atoms with Gasteiger partial charge in [0.25, 0.3) is 0 Å². The number of nitrogens with zero attached hydrogens (tertiary/aromatic N) is 7. The second-order valence-corrected chi connectivity index (χ2v) is 36.6. The number of ether oxygens (including phenoxy) is 6. The third kappa shape index (κ3) is 14.5. The summed E-state index contributed by atoms with van der Waals surface area (Å²) >= 11 is 3.67. The first-order chi connectivity index (χ1) is 58.5. The number of rotatable bonds is 10. The van der Waals surface area contributed by atoms with Crippen molar-refractivity contribution >= 4 is 57.6 Å². The van der Waals surface area contributed by atoms with Crippen LogP contribution in [0.4, 0.5) is 5.69 Å². The number of piperidine rings is 3. The Hall–Kier alpha value is -9.55. The Balaban J connectivity index is 0.000000100. The molecule has 5 aliphatic carbocycles. The zero-order chi connectivity index (χ0) is 82.2. The van der Waals surface area contributed by atoms with Gasteiger partial charge in [-0.25, -0.2) is 19.2 Å². The van der Waals surface area contributed by atoms with E-state index in [0.29, 0.717) is 36.3 Å². The van der Waals surface area contributed by atoms with Crippen LogP contribution in [0.2, 0.25) is 0 Å². The van der Waals surface area contributed by atoms with E-state index in [-0.39, 0.29) is 61.5 Å². The molecule has 15 unspecified atom stereocenters. The Morgan fingerprint density at radius 2 is 1.15 bits per heavy atom. The SMILES string of the molecule is CN(C)c1ccc(C=CC2=CC3CC4(OC(=O)C=C24)C2CCCCN32)cc1.COC(OC)C1CCC2N1C1C=C(C#Cc3cccnc3)C3=CC(=O)OC32C1.O=C1C=C2C(C#Cc3ccc(CO)cc3)=CC3CC2(O1)C1CCCCN31.O=C1C=C2C=CC3CC2(O1)C1=C(Br)CCCN13.OCc1ccc(C=CC2=CC3CC(C2)C2CCCCN32)cc1. The Morgan fingerprint density at radius 1 is 0.567 bits per heavy atom. The second-order valence-electron chi connectivity index (χ2n) is 35.6. The first kappa shape index (κ1) is 80.2. The van der Waals surface area contributed by atoms with E-state index in [1.807, 2.05) is 62.6 Å². The van der Waals surface area contributed by atoms with Crippen molar-refractivity contribution in [1.82, 2.24) is 29.5 Å². The fourth-order valence-electron chi connectivity index (χ4n) is 23.7. The van der Waals surface area contributed by atoms with Crippen molar-refractivity contribution in [1.29, 1.82) is 0 Å². The average molecular weight is 1680 g/mol. The van der Waals surface area contributed by atoms with Gasteiger partial charge in [0.05, 0.1) is 49.1 Å². The van der Waals surface area contributed by atoms with Gasteiger partial charge in [0.1, 0.15) is 0 Å². The van der Waals surface area contributed by atoms with Crippen molar-refractivity contribution in [3.8, 4) is 23.7 Å². The number of pyridine rings is 1. The van der Waals surface area contributed by atoms with Crippen LogP contribution in [0.3, 0.4) is 0 Å². The summed E-state index contributed by atoms with van der Waals surface area (Å²) in [7, 11) is 7.43. The molecular weight excluding hydrogens is 1570 g/mol. The smallest absolute Gasteiger partial charge is 0.332 e. The Bertz CT molecular complexity index is 5280. The highest BCUT2D eigenvalue weighted by Crippen LogP contribution is 2.59. The number of benzene rings is 3. The van der Waals surface area contributed by atoms with E-state index in [2.05, 4.69) is 171 Å². The van der Waals surface area contributed by atoms with Crippen molar-refractivity contribution < 1.29 is 57.8 Å². The lowest BCUT2D eigenvalue weighted by Crippen LogP contribution is -2.48. The van der Waals surface area contributed by atoms with Crippen LogP contribution in [0.1, 0.15) is 155 Å². The number of aliphatic hydroxyl groups is 2. The van der Waals surface area contributed by atoms with Crippen LogP contribution in [-0.4, -0.2) is 207 Å². The molecule has 9 fully saturated rings. The number of methoxy groups -OCH3 is 2. The lowest BCUT2D eigenvalue weighted by Gasteiger charge is -2.38. The summed E-state index contributed by atoms with van der Waals surface area (Å²) in [6.45, 7) is 4.71. The summed E-state index contributed by atoms with van der Waals surface area (Å²) in [6.07, 6.45) is 53.6. The van der Waals surface area contributed by atoms with Crippen molar-refractivity contribution in [2.24, 2.45) is 5.92 Å². The summed E-state index contributed by atoms with van der Waals surface area (Å²) in [6, 6.07) is 31.7. The zero-order valence-corrected chi connectivity index (χ0v) is 70.5. The van der Waals surface area contributed by atoms with Gasteiger partial charge >= 0.3 is 23.9 Å². The Kier molecular flexibility index (Phi) is 22.1. The maximum absolute atomic E-state index is 12.3. The molecule has 20 heteroatoms. The summed E-state index contributed by atoms with van der Waals surface area (Å²) < 4.78 is 35.9. The van der Waals surface area contributed by atoms with Gasteiger partial charge in [-0.05, 0) is 167 Å². The highest BCUT2D eigenvalue weighted by atomic mass is 79.9. The quantitative estimate of drug-likeness (QED) is 0.0657. The molecule has 2 N–H and O–H groups in total. The number of allylic oxidation sites excluding steroid dienone is 4. The molecule has 19 nitrogen and oxygen atoms in total. The molecule has 19 aliphatic rings. The third-order valence-electron chi connectivity index (χ3n) is 28.9. The van der Waals surface area contributed by atoms with Crippen LogP contribution in [-0.2, 0) is 60.8 Å². The number of esters is 4. The number of aliphatic hydroxyl groups excluding tert-OH is 2. The number of halogens is 1. The van der Waals surface area contributed by atoms with Crippen LogP contribution in [0, 0.1) is 29.6 Å². The van der Waals surface area contributed by atoms with Crippen LogP contribution >= 0.6 is 15.9 Å². The predicted molar refractivity (Wildman–Crippen MR) is 462 cm³/mol. The van der Waals surface area contributed by atoms with Gasteiger partial charge in [0, 0.05) is 182 Å². The Labute approximate surface area is 712 Å². The number of anilines is 1. The minimum absolute atomic E-state index is 0.0343. The number of hydrogen-bond acceptors (Lipinski definition) is 19. The average Bonchev–Trinajstić information content (AvgIpc) is 1.55. The molecule has 3 aromatic carbocycles. The van der Waals surface area contributed by atoms with E-state index in [9.17, 15) is 19.2 Å². The van der Waals surface area contributed by atoms with Crippen molar-refractivity contribution in [2.75, 3.05) is 59.4 Å². The molecule has 4 aromatic rings. The topological polar surface area (TPSA) is 196 Å². The summed E-state index contributed by atoms with van der Waals surface area (Å²) in [4.78, 5) is 67.1. The molecule has 14 aliphatic heterocycles. The molecular formula is C100H106BrN7O12. The van der Waals surface area contributed by atoms with Crippen LogP contribution in [0.15, 0.2) is 225 Å². The highest BCUT2D eigenvalue weighted by molar-refractivity contribution is 9.11. The molecule has 0 radical (unpaired) electrons. The monoisotopic (exact) mass is 1680 g/mol. The fourth-order valence-corrected chi connectivity index (χ4v) is 24.6. The van der Waals surface area contributed by atoms with Gasteiger partial charge in [-0.2, -0.15) is 0 Å². The number of aromatic nitrogens is 1. The lowest BCUT2D eigenvalue weighted by atomic mass is 9.76. The van der Waals surface area contributed by atoms with Crippen LogP contribution in [0.5, 0.6) is 0 Å². The number of hydrogen-bond donors (Lipinski definition) is 2. The molecule has 4 spiro atoms. The van der Waals surface area contributed by atoms with Gasteiger partial charge in [0.2, 0.25) is 0 Å². The lowest BCUT2D eigenvalue weighted by molar-refractivity contribution is -0.151. The maximum Gasteiger partial charge on any atom is 0.332 e. The summed E-state index contributed by atoms with van der Waals surface area (Å²) in [5.41, 5.74) is 14.9. The fraction of sp³-hybridized carbons (Fsp3) is 0.450. The zero-order valence-electron chi connectivity index (χ0n) is 68.9. The van der Waals surface area contributed by atoms with Crippen LogP contribution in [0.25, 0.3) is 12.2 Å². The molecule has 1 aromatic heterocycles. The maximum atomic E-state index is 12.3. The number of fused-ring (bicyclic) bond motifs is 17. The van der Waals surface area contributed by atoms with Crippen molar-refractivity contribution in [3.63, 3.8) is 0 Å². The summed E-state index contributed by atoms with van der Waals surface area (Å²) in [5.74, 6) is 13.0. The normalized spacial score (nSPS) is 32.9. The van der Waals surface area contributed by atoms with Crippen LogP contribution < -0.4 is 4.90 Å². The first-order valence-electron chi connectivity index (χ1n) is 43.6. The second kappa shape index (κ2) is 33.0. The molecule has 0 saturated carbocycles. The summed E-state index contributed by atoms with van der Waals surface area (Å²) in [5, 5.41) is 18.3. The van der Waals surface area contributed by atoms with Gasteiger partial charge in [-0.1, -0.05) is 174 Å². The highest BCUT2D eigenvalue weighted by Gasteiger charge is 2.67. The molecule has 15 heterocycles. The van der Waals surface area contributed by atoms with Gasteiger partial charge < -0.3 is 48.4 Å². The van der Waals surface area contributed by atoms with Gasteiger partial charge in [0.15, 0.2) is 28.7 Å². The van der Waals surface area contributed by atoms with E-state index >= 15 is 0 Å². The third-order valence-corrected chi connectivity index (χ3v) is 29.6. The Morgan fingerprint density at radius 3 is 1.80 bits per heavy atom. The predicted octanol–water partition coefficient (Wildman–Crippen LogP) is 13.7. The first-order valence-corrected chi connectivity index (χ1v) is 44.3. The van der Waals surface area contributed by atoms with E-state index in [4.69, 9.17) is 38.6 Å². The number of carbonyl (C=O) groups excluding carboxylic acids is 4. The van der Waals surface area contributed by atoms with E-state index < -0.39 is 22.4 Å². The largest absolute Gasteiger partial charge is 0.449 e. The van der Waals surface area contributed by atoms with Crippen molar-refractivity contribution in [3.05, 3.63) is 258 Å². The molecule has 10 bridgehead atoms. The van der Waals surface area contributed by atoms with Gasteiger partial charge in [-0.3, -0.25) is 24.6 Å². The van der Waals surface area contributed by atoms with E-state index in [1.165, 1.54) is 91.3 Å². The van der Waals surface area contributed by atoms with E-state index in [0.717, 1.165) is 163 Å². The number of carbonyl (C=O) groups is 4. The molecule has 620 valence electrons. The van der Waals surface area contributed by atoms with Crippen molar-refractivity contribution in [2.45, 2.75) is 224 Å². The standard InChI is InChI=1S/C23H26N2O2.C22H22N2O4.C22H21NO3.C20H25NO.C13H12BrNO2/c1-24(2)18-10-7-16(8-11-18)6-9-17-13-19-15-23(20(17)14-22(26)27-23)21-5-3-4-12-25(19)21;1-26-21(27-2)18-7-8-19-22-12-16(24(18)19)10-15(17(22)11-20(25)28-22)6-5-14-4-3-9-23-13-14;24-14-16-6-4-15(5-7-16)8-9-17-11-18-13-22(19(17)12-21(25)26-22)20-3-1-2-10-23(18)20;22-14-16-7-4-15(5-8-16)6-9-17-11-18-13-19(12-17)21-10-2-1-3-20(18)21;14-10-2-1-5-15-9-4-3-8-6-11(16)17-13(8,7-9)12(10)15/h6-11,13-14,19,21H,3-5,12,15H2,1-2H3;3-4,9-11,13,16,18-19,21H,7-8,12H2,1-2H3;4-7,11-12,18,20,24H,1-3,10,13-14H2;4-9,12,18-20,22H,1-3,10-11,13-14H2;3-4,6,9H,1-2,5,7H2. The molecule has 0 amide bonds.